The first-order valence-corrected chi connectivity index (χ1v) is 10.5. The van der Waals surface area contributed by atoms with E-state index in [1.807, 2.05) is 13.0 Å². The molecular weight excluding hydrogens is 383 g/mol. The Hall–Kier alpha value is -3.00. The summed E-state index contributed by atoms with van der Waals surface area (Å²) in [7, 11) is 0. The largest absolute Gasteiger partial charge is 0.306 e. The number of carbonyl (C=O) groups excluding carboxylic acids is 1. The van der Waals surface area contributed by atoms with E-state index in [0.29, 0.717) is 23.4 Å². The first-order valence-electron chi connectivity index (χ1n) is 10.5. The number of hydrogen-bond donors (Lipinski definition) is 3. The highest BCUT2D eigenvalue weighted by Gasteiger charge is 2.20. The number of hydrazone groups is 1. The molecule has 1 fully saturated rings. The minimum atomic E-state index is -0.522. The summed E-state index contributed by atoms with van der Waals surface area (Å²) >= 11 is 0. The topological polar surface area (TPSA) is 81.7 Å². The SMILES string of the molecule is CC1=NNNN1c1cccc(NC(=O)c2cc(C3CCCCCCC3)ccc2F)n1. The van der Waals surface area contributed by atoms with Crippen LogP contribution in [0, 0.1) is 5.82 Å². The molecule has 1 aliphatic carbocycles. The van der Waals surface area contributed by atoms with Gasteiger partial charge in [0.05, 0.1) is 5.56 Å². The number of benzene rings is 1. The van der Waals surface area contributed by atoms with Crippen LogP contribution in [0.4, 0.5) is 16.0 Å². The minimum Gasteiger partial charge on any atom is -0.306 e. The Kier molecular flexibility index (Phi) is 6.23. The highest BCUT2D eigenvalue weighted by Crippen LogP contribution is 2.32. The summed E-state index contributed by atoms with van der Waals surface area (Å²) in [4.78, 5) is 17.3. The van der Waals surface area contributed by atoms with Gasteiger partial charge in [-0.05, 0) is 55.5 Å². The standard InChI is InChI=1S/C22H27FN6O/c1-15-26-27-28-29(15)21-11-7-10-20(24-21)25-22(30)18-14-17(12-13-19(18)23)16-8-5-3-2-4-6-9-16/h7,10-14,16,27-28H,2-6,8-9H2,1H3,(H,24,25,30). The van der Waals surface area contributed by atoms with E-state index in [2.05, 4.69) is 26.5 Å². The molecule has 30 heavy (non-hydrogen) atoms. The van der Waals surface area contributed by atoms with Crippen LogP contribution in [0.5, 0.6) is 0 Å². The zero-order chi connectivity index (χ0) is 20.9. The number of hydrazine groups is 2. The number of carbonyl (C=O) groups is 1. The van der Waals surface area contributed by atoms with E-state index in [-0.39, 0.29) is 5.56 Å². The van der Waals surface area contributed by atoms with Crippen molar-refractivity contribution in [2.45, 2.75) is 57.8 Å². The number of hydrogen-bond acceptors (Lipinski definition) is 6. The summed E-state index contributed by atoms with van der Waals surface area (Å²) in [6.07, 6.45) is 8.34. The molecule has 0 bridgehead atoms. The van der Waals surface area contributed by atoms with Crippen LogP contribution in [-0.4, -0.2) is 16.7 Å². The van der Waals surface area contributed by atoms with Crippen molar-refractivity contribution in [1.29, 1.82) is 0 Å². The first kappa shape index (κ1) is 20.3. The molecule has 3 N–H and O–H groups in total. The molecule has 0 unspecified atom stereocenters. The number of halogens is 1. The van der Waals surface area contributed by atoms with Crippen molar-refractivity contribution in [3.05, 3.63) is 53.3 Å². The molecule has 0 radical (unpaired) electrons. The molecule has 2 aliphatic rings. The molecule has 0 saturated heterocycles. The van der Waals surface area contributed by atoms with Crippen LogP contribution in [-0.2, 0) is 0 Å². The lowest BCUT2D eigenvalue weighted by molar-refractivity contribution is 0.102. The van der Waals surface area contributed by atoms with Crippen molar-refractivity contribution < 1.29 is 9.18 Å². The third-order valence-corrected chi connectivity index (χ3v) is 5.72. The molecule has 1 aromatic carbocycles. The first-order chi connectivity index (χ1) is 14.6. The average molecular weight is 410 g/mol. The fourth-order valence-electron chi connectivity index (χ4n) is 4.07. The summed E-state index contributed by atoms with van der Waals surface area (Å²) in [6, 6.07) is 10.2. The van der Waals surface area contributed by atoms with E-state index in [1.54, 1.807) is 29.3 Å². The highest BCUT2D eigenvalue weighted by molar-refractivity contribution is 6.04. The van der Waals surface area contributed by atoms with E-state index >= 15 is 0 Å². The van der Waals surface area contributed by atoms with E-state index in [1.165, 1.54) is 38.2 Å². The summed E-state index contributed by atoms with van der Waals surface area (Å²) in [5.74, 6) is 0.950. The van der Waals surface area contributed by atoms with Crippen LogP contribution in [0.1, 0.15) is 73.7 Å². The molecule has 1 amide bonds. The maximum Gasteiger partial charge on any atom is 0.259 e. The fraction of sp³-hybridized carbons (Fsp3) is 0.409. The fourth-order valence-corrected chi connectivity index (χ4v) is 4.07. The van der Waals surface area contributed by atoms with E-state index in [0.717, 1.165) is 18.4 Å². The molecule has 4 rings (SSSR count). The average Bonchev–Trinajstić information content (AvgIpc) is 3.14. The van der Waals surface area contributed by atoms with Gasteiger partial charge in [-0.2, -0.15) is 0 Å². The summed E-state index contributed by atoms with van der Waals surface area (Å²) in [5, 5.41) is 8.38. The number of pyridine rings is 1. The van der Waals surface area contributed by atoms with E-state index in [4.69, 9.17) is 0 Å². The highest BCUT2D eigenvalue weighted by atomic mass is 19.1. The number of rotatable bonds is 4. The van der Waals surface area contributed by atoms with Gasteiger partial charge in [0.15, 0.2) is 5.82 Å². The molecular formula is C22H27FN6O. The van der Waals surface area contributed by atoms with Crippen LogP contribution in [0.25, 0.3) is 0 Å². The van der Waals surface area contributed by atoms with Crippen LogP contribution in [0.3, 0.4) is 0 Å². The number of amidine groups is 1. The van der Waals surface area contributed by atoms with Crippen molar-refractivity contribution in [2.75, 3.05) is 10.3 Å². The minimum absolute atomic E-state index is 0.0560. The summed E-state index contributed by atoms with van der Waals surface area (Å²) < 4.78 is 14.5. The smallest absolute Gasteiger partial charge is 0.259 e. The number of nitrogens with zero attached hydrogens (tertiary/aromatic N) is 3. The van der Waals surface area contributed by atoms with Crippen LogP contribution < -0.4 is 21.4 Å². The van der Waals surface area contributed by atoms with Gasteiger partial charge in [0.25, 0.3) is 5.91 Å². The Morgan fingerprint density at radius 2 is 1.90 bits per heavy atom. The van der Waals surface area contributed by atoms with Gasteiger partial charge in [-0.25, -0.2) is 19.9 Å². The predicted octanol–water partition coefficient (Wildman–Crippen LogP) is 4.46. The maximum atomic E-state index is 14.5. The Labute approximate surface area is 175 Å². The van der Waals surface area contributed by atoms with Crippen molar-refractivity contribution in [3.63, 3.8) is 0 Å². The number of nitrogens with one attached hydrogen (secondary N) is 3. The predicted molar refractivity (Wildman–Crippen MR) is 116 cm³/mol. The van der Waals surface area contributed by atoms with Crippen LogP contribution >= 0.6 is 0 Å². The molecule has 1 aromatic heterocycles. The number of aromatic nitrogens is 1. The quantitative estimate of drug-likeness (QED) is 0.693. The van der Waals surface area contributed by atoms with E-state index in [9.17, 15) is 9.18 Å². The van der Waals surface area contributed by atoms with E-state index < -0.39 is 11.7 Å². The van der Waals surface area contributed by atoms with Gasteiger partial charge in [0, 0.05) is 0 Å². The molecule has 1 saturated carbocycles. The zero-order valence-corrected chi connectivity index (χ0v) is 17.1. The number of anilines is 2. The monoisotopic (exact) mass is 410 g/mol. The number of amides is 1. The second-order valence-corrected chi connectivity index (χ2v) is 7.83. The summed E-state index contributed by atoms with van der Waals surface area (Å²) in [6.45, 7) is 1.82. The Morgan fingerprint density at radius 1 is 1.13 bits per heavy atom. The molecule has 0 atom stereocenters. The Balaban J connectivity index is 1.51. The van der Waals surface area contributed by atoms with Gasteiger partial charge in [0.1, 0.15) is 17.5 Å². The summed E-state index contributed by atoms with van der Waals surface area (Å²) in [5.41, 5.74) is 6.59. The van der Waals surface area contributed by atoms with Crippen LogP contribution in [0.2, 0.25) is 0 Å². The zero-order valence-electron chi connectivity index (χ0n) is 17.1. The van der Waals surface area contributed by atoms with Crippen molar-refractivity contribution >= 4 is 23.4 Å². The van der Waals surface area contributed by atoms with Crippen molar-refractivity contribution in [1.82, 2.24) is 16.1 Å². The van der Waals surface area contributed by atoms with Crippen molar-refractivity contribution in [2.24, 2.45) is 5.10 Å². The van der Waals surface area contributed by atoms with Gasteiger partial charge in [-0.1, -0.05) is 44.2 Å². The lowest BCUT2D eigenvalue weighted by atomic mass is 9.85. The van der Waals surface area contributed by atoms with Gasteiger partial charge in [-0.3, -0.25) is 4.79 Å². The Bertz CT molecular complexity index is 939. The second-order valence-electron chi connectivity index (χ2n) is 7.83. The molecule has 158 valence electrons. The third-order valence-electron chi connectivity index (χ3n) is 5.72. The maximum absolute atomic E-state index is 14.5. The Morgan fingerprint density at radius 3 is 2.63 bits per heavy atom. The van der Waals surface area contributed by atoms with Gasteiger partial charge in [-0.15, -0.1) is 10.6 Å². The van der Waals surface area contributed by atoms with Gasteiger partial charge in [0.2, 0.25) is 0 Å². The molecule has 8 heteroatoms. The normalized spacial score (nSPS) is 17.7. The molecule has 2 heterocycles. The van der Waals surface area contributed by atoms with Crippen LogP contribution in [0.15, 0.2) is 41.5 Å². The molecule has 0 spiro atoms. The lowest BCUT2D eigenvalue weighted by Gasteiger charge is -2.21. The molecule has 1 aliphatic heterocycles. The van der Waals surface area contributed by atoms with Crippen molar-refractivity contribution in [3.8, 4) is 0 Å². The third kappa shape index (κ3) is 4.59. The lowest BCUT2D eigenvalue weighted by Crippen LogP contribution is -2.40. The van der Waals surface area contributed by atoms with Gasteiger partial charge >= 0.3 is 0 Å². The van der Waals surface area contributed by atoms with Gasteiger partial charge < -0.3 is 5.32 Å². The molecule has 2 aromatic rings. The second kappa shape index (κ2) is 9.21. The molecule has 7 nitrogen and oxygen atoms in total.